The zero-order chi connectivity index (χ0) is 9.52. The Morgan fingerprint density at radius 3 is 2.46 bits per heavy atom. The molecule has 0 unspecified atom stereocenters. The van der Waals surface area contributed by atoms with Crippen LogP contribution in [0.15, 0.2) is 24.3 Å². The number of benzene rings is 1. The van der Waals surface area contributed by atoms with E-state index in [0.29, 0.717) is 0 Å². The van der Waals surface area contributed by atoms with Gasteiger partial charge in [-0.3, -0.25) is 0 Å². The largest absolute Gasteiger partial charge is 0.396 e. The number of nitrogens with one attached hydrogen (secondary N) is 1. The standard InChI is InChI=1S/C11H17NO/c1-2-8-12-11-5-3-10(4-6-11)7-9-13/h3-6,12-13H,2,7-9H2,1H3. The van der Waals surface area contributed by atoms with Gasteiger partial charge in [-0.25, -0.2) is 0 Å². The highest BCUT2D eigenvalue weighted by atomic mass is 16.2. The molecule has 0 aliphatic heterocycles. The molecular weight excluding hydrogens is 162 g/mol. The van der Waals surface area contributed by atoms with Gasteiger partial charge in [-0.1, -0.05) is 19.1 Å². The maximum Gasteiger partial charge on any atom is 0.0471 e. The average molecular weight is 179 g/mol. The molecule has 2 N–H and O–H groups in total. The van der Waals surface area contributed by atoms with Gasteiger partial charge in [-0.05, 0) is 30.5 Å². The number of hydrogen-bond acceptors (Lipinski definition) is 2. The molecule has 1 aromatic carbocycles. The van der Waals surface area contributed by atoms with Gasteiger partial charge in [0.1, 0.15) is 0 Å². The van der Waals surface area contributed by atoms with Gasteiger partial charge in [0.15, 0.2) is 0 Å². The molecule has 0 radical (unpaired) electrons. The van der Waals surface area contributed by atoms with Gasteiger partial charge in [0.2, 0.25) is 0 Å². The summed E-state index contributed by atoms with van der Waals surface area (Å²) in [5.41, 5.74) is 2.34. The molecule has 0 heterocycles. The fourth-order valence-corrected chi connectivity index (χ4v) is 1.19. The van der Waals surface area contributed by atoms with E-state index in [2.05, 4.69) is 24.4 Å². The molecule has 0 fully saturated rings. The molecule has 0 bridgehead atoms. The van der Waals surface area contributed by atoms with Gasteiger partial charge in [0, 0.05) is 18.8 Å². The van der Waals surface area contributed by atoms with Crippen molar-refractivity contribution in [2.75, 3.05) is 18.5 Å². The molecule has 0 saturated carbocycles. The van der Waals surface area contributed by atoms with Crippen molar-refractivity contribution < 1.29 is 5.11 Å². The van der Waals surface area contributed by atoms with Crippen molar-refractivity contribution in [3.63, 3.8) is 0 Å². The number of aliphatic hydroxyl groups is 1. The van der Waals surface area contributed by atoms with Crippen LogP contribution in [0.25, 0.3) is 0 Å². The third kappa shape index (κ3) is 3.47. The van der Waals surface area contributed by atoms with Crippen molar-refractivity contribution in [3.8, 4) is 0 Å². The number of hydrogen-bond donors (Lipinski definition) is 2. The second-order valence-corrected chi connectivity index (χ2v) is 3.10. The van der Waals surface area contributed by atoms with E-state index in [-0.39, 0.29) is 6.61 Å². The maximum atomic E-state index is 8.71. The third-order valence-corrected chi connectivity index (χ3v) is 1.93. The summed E-state index contributed by atoms with van der Waals surface area (Å²) in [5, 5.41) is 12.0. The van der Waals surface area contributed by atoms with Crippen LogP contribution in [0, 0.1) is 0 Å². The molecule has 1 rings (SSSR count). The van der Waals surface area contributed by atoms with Gasteiger partial charge >= 0.3 is 0 Å². The summed E-state index contributed by atoms with van der Waals surface area (Å²) in [6, 6.07) is 8.21. The van der Waals surface area contributed by atoms with E-state index in [1.165, 1.54) is 5.56 Å². The monoisotopic (exact) mass is 179 g/mol. The Labute approximate surface area is 79.6 Å². The van der Waals surface area contributed by atoms with E-state index in [1.54, 1.807) is 0 Å². The van der Waals surface area contributed by atoms with E-state index in [4.69, 9.17) is 5.11 Å². The Bertz CT molecular complexity index is 230. The Hall–Kier alpha value is -1.02. The van der Waals surface area contributed by atoms with Crippen LogP contribution in [0.5, 0.6) is 0 Å². The molecule has 0 atom stereocenters. The summed E-state index contributed by atoms with van der Waals surface area (Å²) in [5.74, 6) is 0. The van der Waals surface area contributed by atoms with E-state index in [9.17, 15) is 0 Å². The van der Waals surface area contributed by atoms with Crippen molar-refractivity contribution in [2.24, 2.45) is 0 Å². The summed E-state index contributed by atoms with van der Waals surface area (Å²) in [6.45, 7) is 3.38. The smallest absolute Gasteiger partial charge is 0.0471 e. The van der Waals surface area contributed by atoms with Gasteiger partial charge in [0.25, 0.3) is 0 Å². The quantitative estimate of drug-likeness (QED) is 0.725. The normalized spacial score (nSPS) is 10.0. The van der Waals surface area contributed by atoms with Gasteiger partial charge < -0.3 is 10.4 Å². The second kappa shape index (κ2) is 5.60. The third-order valence-electron chi connectivity index (χ3n) is 1.93. The molecular formula is C11H17NO. The highest BCUT2D eigenvalue weighted by molar-refractivity contribution is 5.44. The highest BCUT2D eigenvalue weighted by Crippen LogP contribution is 2.09. The summed E-state index contributed by atoms with van der Waals surface area (Å²) >= 11 is 0. The molecule has 72 valence electrons. The summed E-state index contributed by atoms with van der Waals surface area (Å²) in [7, 11) is 0. The minimum absolute atomic E-state index is 0.224. The van der Waals surface area contributed by atoms with E-state index in [0.717, 1.165) is 25.1 Å². The Morgan fingerprint density at radius 1 is 1.23 bits per heavy atom. The Kier molecular flexibility index (Phi) is 4.33. The van der Waals surface area contributed by atoms with Gasteiger partial charge in [-0.15, -0.1) is 0 Å². The minimum atomic E-state index is 0.224. The maximum absolute atomic E-state index is 8.71. The topological polar surface area (TPSA) is 32.3 Å². The van der Waals surface area contributed by atoms with Crippen LogP contribution in [-0.4, -0.2) is 18.3 Å². The number of aliphatic hydroxyl groups excluding tert-OH is 1. The first-order valence-corrected chi connectivity index (χ1v) is 4.80. The molecule has 2 nitrogen and oxygen atoms in total. The molecule has 2 heteroatoms. The Balaban J connectivity index is 2.48. The zero-order valence-electron chi connectivity index (χ0n) is 8.09. The van der Waals surface area contributed by atoms with Crippen LogP contribution < -0.4 is 5.32 Å². The number of rotatable bonds is 5. The summed E-state index contributed by atoms with van der Waals surface area (Å²) < 4.78 is 0. The summed E-state index contributed by atoms with van der Waals surface area (Å²) in [6.07, 6.45) is 1.88. The fraction of sp³-hybridized carbons (Fsp3) is 0.455. The second-order valence-electron chi connectivity index (χ2n) is 3.10. The van der Waals surface area contributed by atoms with Crippen LogP contribution in [0.1, 0.15) is 18.9 Å². The predicted molar refractivity (Wildman–Crippen MR) is 56.0 cm³/mol. The molecule has 0 aliphatic rings. The zero-order valence-corrected chi connectivity index (χ0v) is 8.09. The molecule has 13 heavy (non-hydrogen) atoms. The van der Waals surface area contributed by atoms with Crippen LogP contribution in [-0.2, 0) is 6.42 Å². The van der Waals surface area contributed by atoms with Crippen LogP contribution in [0.4, 0.5) is 5.69 Å². The van der Waals surface area contributed by atoms with Crippen LogP contribution in [0.3, 0.4) is 0 Å². The lowest BCUT2D eigenvalue weighted by atomic mass is 10.1. The molecule has 0 amide bonds. The van der Waals surface area contributed by atoms with Gasteiger partial charge in [0.05, 0.1) is 0 Å². The molecule has 0 saturated heterocycles. The lowest BCUT2D eigenvalue weighted by Crippen LogP contribution is -1.99. The molecule has 1 aromatic rings. The highest BCUT2D eigenvalue weighted by Gasteiger charge is 1.92. The van der Waals surface area contributed by atoms with Crippen LogP contribution >= 0.6 is 0 Å². The van der Waals surface area contributed by atoms with Crippen molar-refractivity contribution in [3.05, 3.63) is 29.8 Å². The first kappa shape index (κ1) is 10.1. The molecule has 0 aromatic heterocycles. The van der Waals surface area contributed by atoms with Crippen molar-refractivity contribution in [2.45, 2.75) is 19.8 Å². The first-order valence-electron chi connectivity index (χ1n) is 4.80. The molecule has 0 spiro atoms. The lowest BCUT2D eigenvalue weighted by Gasteiger charge is -2.05. The fourth-order valence-electron chi connectivity index (χ4n) is 1.19. The predicted octanol–water partition coefficient (Wildman–Crippen LogP) is 2.04. The van der Waals surface area contributed by atoms with Crippen molar-refractivity contribution >= 4 is 5.69 Å². The first-order chi connectivity index (χ1) is 6.36. The Morgan fingerprint density at radius 2 is 1.92 bits per heavy atom. The minimum Gasteiger partial charge on any atom is -0.396 e. The SMILES string of the molecule is CCCNc1ccc(CCO)cc1. The van der Waals surface area contributed by atoms with E-state index in [1.807, 2.05) is 12.1 Å². The average Bonchev–Trinajstić information content (AvgIpc) is 2.17. The van der Waals surface area contributed by atoms with Crippen molar-refractivity contribution in [1.82, 2.24) is 0 Å². The van der Waals surface area contributed by atoms with Crippen molar-refractivity contribution in [1.29, 1.82) is 0 Å². The van der Waals surface area contributed by atoms with Crippen LogP contribution in [0.2, 0.25) is 0 Å². The summed E-state index contributed by atoms with van der Waals surface area (Å²) in [4.78, 5) is 0. The van der Waals surface area contributed by atoms with E-state index >= 15 is 0 Å². The van der Waals surface area contributed by atoms with Gasteiger partial charge in [-0.2, -0.15) is 0 Å². The molecule has 0 aliphatic carbocycles. The van der Waals surface area contributed by atoms with E-state index < -0.39 is 0 Å². The lowest BCUT2D eigenvalue weighted by molar-refractivity contribution is 0.299. The number of anilines is 1.